The molecule has 1 aliphatic heterocycles. The van der Waals surface area contributed by atoms with Gasteiger partial charge in [0.25, 0.3) is 0 Å². The molecule has 0 aromatic heterocycles. The van der Waals surface area contributed by atoms with Gasteiger partial charge in [0.15, 0.2) is 0 Å². The quantitative estimate of drug-likeness (QED) is 0.779. The largest absolute Gasteiger partial charge is 0.375 e. The number of amides is 1. The van der Waals surface area contributed by atoms with Gasteiger partial charge in [0.05, 0.1) is 23.6 Å². The molecule has 0 aliphatic carbocycles. The minimum atomic E-state index is -3.45. The van der Waals surface area contributed by atoms with E-state index in [0.29, 0.717) is 13.2 Å². The van der Waals surface area contributed by atoms with Crippen molar-refractivity contribution in [2.75, 3.05) is 27.2 Å². The van der Waals surface area contributed by atoms with E-state index in [2.05, 4.69) is 10.6 Å². The maximum atomic E-state index is 12.4. The first-order valence-electron chi connectivity index (χ1n) is 7.91. The lowest BCUT2D eigenvalue weighted by Crippen LogP contribution is -2.55. The highest BCUT2D eigenvalue weighted by Gasteiger charge is 2.29. The Balaban J connectivity index is 0.00000312. The molecule has 2 N–H and O–H groups in total. The van der Waals surface area contributed by atoms with Gasteiger partial charge in [-0.2, -0.15) is 0 Å². The lowest BCUT2D eigenvalue weighted by atomic mass is 10.1. The smallest absolute Gasteiger partial charge is 0.242 e. The molecule has 2 rings (SSSR count). The topological polar surface area (TPSA) is 87.7 Å². The SMILES string of the molecule is CC(NC(=O)[C@H]1NCCO[C@@H]1C)c1ccc(S(=O)(=O)N(C)C)cc1.Cl. The number of rotatable bonds is 5. The number of halogens is 1. The van der Waals surface area contributed by atoms with Crippen molar-refractivity contribution >= 4 is 28.3 Å². The first kappa shape index (κ1) is 21.9. The number of nitrogens with one attached hydrogen (secondary N) is 2. The highest BCUT2D eigenvalue weighted by Crippen LogP contribution is 2.18. The van der Waals surface area contributed by atoms with Gasteiger partial charge >= 0.3 is 0 Å². The number of carbonyl (C=O) groups is 1. The molecule has 0 saturated carbocycles. The second kappa shape index (κ2) is 8.95. The molecule has 1 heterocycles. The number of hydrogen-bond acceptors (Lipinski definition) is 5. The van der Waals surface area contributed by atoms with Crippen LogP contribution in [-0.4, -0.2) is 58.0 Å². The van der Waals surface area contributed by atoms with Crippen LogP contribution >= 0.6 is 12.4 Å². The summed E-state index contributed by atoms with van der Waals surface area (Å²) in [5.41, 5.74) is 0.838. The van der Waals surface area contributed by atoms with Crippen LogP contribution in [-0.2, 0) is 19.6 Å². The molecule has 0 spiro atoms. The molecule has 1 unspecified atom stereocenters. The number of morpholine rings is 1. The Hall–Kier alpha value is -1.19. The lowest BCUT2D eigenvalue weighted by Gasteiger charge is -2.30. The average molecular weight is 392 g/mol. The fraction of sp³-hybridized carbons (Fsp3) is 0.562. The molecule has 1 aromatic carbocycles. The highest BCUT2D eigenvalue weighted by atomic mass is 35.5. The molecule has 9 heteroatoms. The molecule has 1 fully saturated rings. The van der Waals surface area contributed by atoms with E-state index in [9.17, 15) is 13.2 Å². The van der Waals surface area contributed by atoms with Crippen LogP contribution in [0.5, 0.6) is 0 Å². The monoisotopic (exact) mass is 391 g/mol. The summed E-state index contributed by atoms with van der Waals surface area (Å²) in [5, 5.41) is 6.08. The fourth-order valence-electron chi connectivity index (χ4n) is 2.55. The van der Waals surface area contributed by atoms with Crippen LogP contribution in [0.1, 0.15) is 25.5 Å². The number of benzene rings is 1. The van der Waals surface area contributed by atoms with E-state index in [1.807, 2.05) is 13.8 Å². The average Bonchev–Trinajstić information content (AvgIpc) is 2.55. The van der Waals surface area contributed by atoms with Crippen LogP contribution in [0.2, 0.25) is 0 Å². The molecule has 1 aliphatic rings. The van der Waals surface area contributed by atoms with E-state index in [1.165, 1.54) is 18.4 Å². The minimum absolute atomic E-state index is 0. The summed E-state index contributed by atoms with van der Waals surface area (Å²) in [4.78, 5) is 12.6. The molecule has 1 saturated heterocycles. The molecule has 1 aromatic rings. The van der Waals surface area contributed by atoms with Crippen LogP contribution in [0.15, 0.2) is 29.2 Å². The van der Waals surface area contributed by atoms with Crippen LogP contribution in [0.4, 0.5) is 0 Å². The molecular formula is C16H26ClN3O4S. The van der Waals surface area contributed by atoms with Gasteiger partial charge in [-0.05, 0) is 31.5 Å². The van der Waals surface area contributed by atoms with Gasteiger partial charge in [-0.1, -0.05) is 12.1 Å². The van der Waals surface area contributed by atoms with Crippen molar-refractivity contribution in [3.63, 3.8) is 0 Å². The molecule has 25 heavy (non-hydrogen) atoms. The molecule has 3 atom stereocenters. The Labute approximate surface area is 155 Å². The van der Waals surface area contributed by atoms with E-state index in [-0.39, 0.29) is 41.4 Å². The van der Waals surface area contributed by atoms with Gasteiger partial charge in [0.2, 0.25) is 15.9 Å². The molecule has 0 radical (unpaired) electrons. The second-order valence-electron chi connectivity index (χ2n) is 6.09. The van der Waals surface area contributed by atoms with E-state index in [4.69, 9.17) is 4.74 Å². The zero-order chi connectivity index (χ0) is 17.9. The lowest BCUT2D eigenvalue weighted by molar-refractivity contribution is -0.129. The number of ether oxygens (including phenoxy) is 1. The van der Waals surface area contributed by atoms with E-state index in [0.717, 1.165) is 5.56 Å². The van der Waals surface area contributed by atoms with Gasteiger partial charge in [-0.3, -0.25) is 4.79 Å². The molecule has 7 nitrogen and oxygen atoms in total. The summed E-state index contributed by atoms with van der Waals surface area (Å²) in [6, 6.07) is 5.93. The predicted octanol–water partition coefficient (Wildman–Crippen LogP) is 0.913. The third-order valence-electron chi connectivity index (χ3n) is 4.12. The van der Waals surface area contributed by atoms with Crippen molar-refractivity contribution in [3.05, 3.63) is 29.8 Å². The third-order valence-corrected chi connectivity index (χ3v) is 5.95. The fourth-order valence-corrected chi connectivity index (χ4v) is 3.45. The summed E-state index contributed by atoms with van der Waals surface area (Å²) in [7, 11) is -0.462. The van der Waals surface area contributed by atoms with Gasteiger partial charge in [-0.25, -0.2) is 12.7 Å². The maximum Gasteiger partial charge on any atom is 0.242 e. The van der Waals surface area contributed by atoms with Crippen molar-refractivity contribution in [3.8, 4) is 0 Å². The normalized spacial score (nSPS) is 22.1. The number of hydrogen-bond donors (Lipinski definition) is 2. The Bertz CT molecular complexity index is 679. The van der Waals surface area contributed by atoms with Crippen molar-refractivity contribution in [2.45, 2.75) is 36.9 Å². The van der Waals surface area contributed by atoms with Crippen molar-refractivity contribution < 1.29 is 17.9 Å². The van der Waals surface area contributed by atoms with Crippen molar-refractivity contribution in [1.82, 2.24) is 14.9 Å². The standard InChI is InChI=1S/C16H25N3O4S.ClH/c1-11(18-16(20)15-12(2)23-10-9-17-15)13-5-7-14(8-6-13)24(21,22)19(3)4;/h5-8,11-12,15,17H,9-10H2,1-4H3,(H,18,20);1H/t11?,12-,15+;/m1./s1. The zero-order valence-corrected chi connectivity index (χ0v) is 16.5. The number of nitrogens with zero attached hydrogens (tertiary/aromatic N) is 1. The predicted molar refractivity (Wildman–Crippen MR) is 98.3 cm³/mol. The Morgan fingerprint density at radius 1 is 1.32 bits per heavy atom. The summed E-state index contributed by atoms with van der Waals surface area (Å²) < 4.78 is 30.8. The maximum absolute atomic E-state index is 12.4. The van der Waals surface area contributed by atoms with E-state index >= 15 is 0 Å². The summed E-state index contributed by atoms with van der Waals surface area (Å²) in [6.45, 7) is 4.97. The Kier molecular flexibility index (Phi) is 7.83. The van der Waals surface area contributed by atoms with Crippen molar-refractivity contribution in [2.24, 2.45) is 0 Å². The van der Waals surface area contributed by atoms with Gasteiger partial charge < -0.3 is 15.4 Å². The Morgan fingerprint density at radius 3 is 2.44 bits per heavy atom. The second-order valence-corrected chi connectivity index (χ2v) is 8.25. The Morgan fingerprint density at radius 2 is 1.92 bits per heavy atom. The van der Waals surface area contributed by atoms with Crippen LogP contribution < -0.4 is 10.6 Å². The first-order valence-corrected chi connectivity index (χ1v) is 9.35. The van der Waals surface area contributed by atoms with Crippen LogP contribution in [0.25, 0.3) is 0 Å². The third kappa shape index (κ3) is 5.15. The molecule has 1 amide bonds. The highest BCUT2D eigenvalue weighted by molar-refractivity contribution is 7.89. The number of sulfonamides is 1. The summed E-state index contributed by atoms with van der Waals surface area (Å²) in [5.74, 6) is -0.125. The summed E-state index contributed by atoms with van der Waals surface area (Å²) in [6.07, 6.45) is -0.182. The van der Waals surface area contributed by atoms with Crippen molar-refractivity contribution in [1.29, 1.82) is 0 Å². The molecular weight excluding hydrogens is 366 g/mol. The summed E-state index contributed by atoms with van der Waals surface area (Å²) >= 11 is 0. The van der Waals surface area contributed by atoms with Gasteiger partial charge in [0.1, 0.15) is 6.04 Å². The van der Waals surface area contributed by atoms with Gasteiger partial charge in [-0.15, -0.1) is 12.4 Å². The first-order chi connectivity index (χ1) is 11.2. The van der Waals surface area contributed by atoms with Gasteiger partial charge in [0, 0.05) is 20.6 Å². The molecule has 0 bridgehead atoms. The number of carbonyl (C=O) groups excluding carboxylic acids is 1. The zero-order valence-electron chi connectivity index (χ0n) is 14.9. The van der Waals surface area contributed by atoms with Crippen LogP contribution in [0.3, 0.4) is 0 Å². The van der Waals surface area contributed by atoms with E-state index in [1.54, 1.807) is 24.3 Å². The van der Waals surface area contributed by atoms with Crippen LogP contribution in [0, 0.1) is 0 Å². The minimum Gasteiger partial charge on any atom is -0.375 e. The molecule has 142 valence electrons. The van der Waals surface area contributed by atoms with E-state index < -0.39 is 10.0 Å².